The zero-order valence-corrected chi connectivity index (χ0v) is 18.3. The number of halogens is 1. The van der Waals surface area contributed by atoms with Crippen LogP contribution in [0.4, 0.5) is 0 Å². The number of thioether (sulfide) groups is 1. The fourth-order valence-electron chi connectivity index (χ4n) is 2.23. The molecule has 0 aliphatic rings. The highest BCUT2D eigenvalue weighted by Crippen LogP contribution is 2.36. The third-order valence-corrected chi connectivity index (χ3v) is 5.50. The van der Waals surface area contributed by atoms with Gasteiger partial charge >= 0.3 is 0 Å². The maximum Gasteiger partial charge on any atom is 0.252 e. The topological polar surface area (TPSA) is 59.9 Å². The van der Waals surface area contributed by atoms with E-state index in [4.69, 9.17) is 9.47 Å². The zero-order valence-electron chi connectivity index (χ0n) is 15.9. The molecular weight excluding hydrogens is 440 g/mol. The van der Waals surface area contributed by atoms with Crippen LogP contribution in [0.5, 0.6) is 11.5 Å². The van der Waals surface area contributed by atoms with Gasteiger partial charge in [0.1, 0.15) is 6.61 Å². The van der Waals surface area contributed by atoms with Crippen molar-refractivity contribution in [2.45, 2.75) is 17.9 Å². The van der Waals surface area contributed by atoms with Crippen LogP contribution in [0.1, 0.15) is 18.1 Å². The van der Waals surface area contributed by atoms with Gasteiger partial charge in [0.05, 0.1) is 23.0 Å². The average molecular weight is 463 g/mol. The molecule has 7 heteroatoms. The van der Waals surface area contributed by atoms with Gasteiger partial charge in [-0.15, -0.1) is 11.8 Å². The second-order valence-electron chi connectivity index (χ2n) is 5.81. The minimum atomic E-state index is -0.215. The Hall–Kier alpha value is -2.25. The van der Waals surface area contributed by atoms with Gasteiger partial charge in [-0.2, -0.15) is 5.10 Å². The number of nitrogens with one attached hydrogen (secondary N) is 1. The Bertz CT molecular complexity index is 828. The highest BCUT2D eigenvalue weighted by molar-refractivity contribution is 9.10. The van der Waals surface area contributed by atoms with Crippen molar-refractivity contribution in [3.8, 4) is 11.5 Å². The molecule has 0 fully saturated rings. The molecule has 0 saturated carbocycles. The lowest BCUT2D eigenvalue weighted by atomic mass is 10.2. The zero-order chi connectivity index (χ0) is 20.4. The molecule has 2 rings (SSSR count). The number of hydrogen-bond donors (Lipinski definition) is 1. The van der Waals surface area contributed by atoms with Crippen LogP contribution < -0.4 is 14.9 Å². The first-order chi connectivity index (χ1) is 13.5. The highest BCUT2D eigenvalue weighted by atomic mass is 79.9. The summed E-state index contributed by atoms with van der Waals surface area (Å²) in [4.78, 5) is 12.2. The summed E-state index contributed by atoms with van der Waals surface area (Å²) in [6.45, 7) is 5.87. The Kier molecular flexibility index (Phi) is 9.10. The van der Waals surface area contributed by atoms with Crippen LogP contribution in [0.2, 0.25) is 0 Å². The van der Waals surface area contributed by atoms with E-state index < -0.39 is 0 Å². The van der Waals surface area contributed by atoms with E-state index in [-0.39, 0.29) is 11.2 Å². The standard InChI is InChI=1S/C21H23BrN2O3S/c1-4-10-27-20-18(22)11-17(12-19(20)26-3)13-23-24-21(25)15(2)28-14-16-8-6-5-7-9-16/h4-9,11-13,15H,1,10,14H2,2-3H3,(H,24,25)/b23-13-/t15-/m1/s1. The molecule has 1 atom stereocenters. The number of amides is 1. The summed E-state index contributed by atoms with van der Waals surface area (Å²) in [5.74, 6) is 1.79. The molecule has 28 heavy (non-hydrogen) atoms. The summed E-state index contributed by atoms with van der Waals surface area (Å²) in [6.07, 6.45) is 3.23. The molecule has 0 unspecified atom stereocenters. The van der Waals surface area contributed by atoms with Crippen molar-refractivity contribution >= 4 is 39.8 Å². The first-order valence-electron chi connectivity index (χ1n) is 8.64. The van der Waals surface area contributed by atoms with Gasteiger partial charge in [-0.1, -0.05) is 43.0 Å². The third kappa shape index (κ3) is 6.73. The van der Waals surface area contributed by atoms with Crippen LogP contribution >= 0.6 is 27.7 Å². The minimum absolute atomic E-state index is 0.144. The quantitative estimate of drug-likeness (QED) is 0.313. The molecule has 0 radical (unpaired) electrons. The second kappa shape index (κ2) is 11.6. The molecule has 0 aromatic heterocycles. The lowest BCUT2D eigenvalue weighted by molar-refractivity contribution is -0.120. The van der Waals surface area contributed by atoms with Gasteiger partial charge in [0.2, 0.25) is 0 Å². The molecule has 0 aliphatic heterocycles. The molecule has 0 saturated heterocycles. The molecule has 5 nitrogen and oxygen atoms in total. The van der Waals surface area contributed by atoms with Crippen LogP contribution in [0.3, 0.4) is 0 Å². The number of benzene rings is 2. The molecule has 0 aliphatic carbocycles. The van der Waals surface area contributed by atoms with E-state index in [1.807, 2.05) is 43.3 Å². The van der Waals surface area contributed by atoms with E-state index in [1.54, 1.807) is 37.2 Å². The maximum absolute atomic E-state index is 12.2. The van der Waals surface area contributed by atoms with Crippen molar-refractivity contribution in [2.75, 3.05) is 13.7 Å². The number of rotatable bonds is 10. The van der Waals surface area contributed by atoms with Crippen molar-refractivity contribution in [3.63, 3.8) is 0 Å². The van der Waals surface area contributed by atoms with Gasteiger partial charge in [0, 0.05) is 5.75 Å². The number of carbonyl (C=O) groups excluding carboxylic acids is 1. The van der Waals surface area contributed by atoms with Crippen LogP contribution in [0.15, 0.2) is 64.7 Å². The van der Waals surface area contributed by atoms with Crippen molar-refractivity contribution in [1.82, 2.24) is 5.43 Å². The number of methoxy groups -OCH3 is 1. The van der Waals surface area contributed by atoms with E-state index in [2.05, 4.69) is 33.0 Å². The Labute approximate surface area is 178 Å². The maximum atomic E-state index is 12.2. The molecule has 0 spiro atoms. The summed E-state index contributed by atoms with van der Waals surface area (Å²) < 4.78 is 11.7. The van der Waals surface area contributed by atoms with Crippen molar-refractivity contribution in [1.29, 1.82) is 0 Å². The average Bonchev–Trinajstić information content (AvgIpc) is 2.71. The minimum Gasteiger partial charge on any atom is -0.493 e. The van der Waals surface area contributed by atoms with Gasteiger partial charge in [-0.25, -0.2) is 5.43 Å². The molecule has 2 aromatic rings. The number of carbonyl (C=O) groups is 1. The lowest BCUT2D eigenvalue weighted by Gasteiger charge is -2.12. The number of hydrogen-bond acceptors (Lipinski definition) is 5. The Balaban J connectivity index is 1.92. The van der Waals surface area contributed by atoms with Crippen molar-refractivity contribution in [2.24, 2.45) is 5.10 Å². The Morgan fingerprint density at radius 2 is 2.11 bits per heavy atom. The summed E-state index contributed by atoms with van der Waals surface area (Å²) >= 11 is 5.03. The number of ether oxygens (including phenoxy) is 2. The fourth-order valence-corrected chi connectivity index (χ4v) is 3.64. The summed E-state index contributed by atoms with van der Waals surface area (Å²) in [5.41, 5.74) is 4.53. The van der Waals surface area contributed by atoms with Crippen molar-refractivity contribution < 1.29 is 14.3 Å². The molecular formula is C21H23BrN2O3S. The molecule has 148 valence electrons. The predicted molar refractivity (Wildman–Crippen MR) is 119 cm³/mol. The van der Waals surface area contributed by atoms with Crippen LogP contribution in [0, 0.1) is 0 Å². The van der Waals surface area contributed by atoms with E-state index in [9.17, 15) is 4.79 Å². The molecule has 1 amide bonds. The molecule has 2 aromatic carbocycles. The predicted octanol–water partition coefficient (Wildman–Crippen LogP) is 4.79. The highest BCUT2D eigenvalue weighted by Gasteiger charge is 2.13. The van der Waals surface area contributed by atoms with E-state index >= 15 is 0 Å². The van der Waals surface area contributed by atoms with Gasteiger partial charge in [-0.3, -0.25) is 4.79 Å². The smallest absolute Gasteiger partial charge is 0.252 e. The molecule has 0 heterocycles. The van der Waals surface area contributed by atoms with Crippen LogP contribution in [-0.4, -0.2) is 31.1 Å². The van der Waals surface area contributed by atoms with E-state index in [0.717, 1.165) is 15.8 Å². The second-order valence-corrected chi connectivity index (χ2v) is 7.99. The third-order valence-electron chi connectivity index (χ3n) is 3.70. The summed E-state index contributed by atoms with van der Waals surface area (Å²) in [7, 11) is 1.57. The SMILES string of the molecule is C=CCOc1c(Br)cc(/C=N\NC(=O)[C@@H](C)SCc2ccccc2)cc1OC. The number of nitrogens with zero attached hydrogens (tertiary/aromatic N) is 1. The Morgan fingerprint density at radius 1 is 1.36 bits per heavy atom. The van der Waals surface area contributed by atoms with Gasteiger partial charge in [0.25, 0.3) is 5.91 Å². The van der Waals surface area contributed by atoms with E-state index in [1.165, 1.54) is 5.56 Å². The number of hydrazone groups is 1. The van der Waals surface area contributed by atoms with Gasteiger partial charge < -0.3 is 9.47 Å². The largest absolute Gasteiger partial charge is 0.493 e. The Morgan fingerprint density at radius 3 is 2.79 bits per heavy atom. The fraction of sp³-hybridized carbons (Fsp3) is 0.238. The summed E-state index contributed by atoms with van der Waals surface area (Å²) in [6, 6.07) is 13.7. The van der Waals surface area contributed by atoms with E-state index in [0.29, 0.717) is 18.1 Å². The van der Waals surface area contributed by atoms with Crippen LogP contribution in [0.25, 0.3) is 0 Å². The monoisotopic (exact) mass is 462 g/mol. The van der Waals surface area contributed by atoms with Crippen LogP contribution in [-0.2, 0) is 10.5 Å². The summed E-state index contributed by atoms with van der Waals surface area (Å²) in [5, 5.41) is 3.84. The first-order valence-corrected chi connectivity index (χ1v) is 10.5. The van der Waals surface area contributed by atoms with Gasteiger partial charge in [0.15, 0.2) is 11.5 Å². The first kappa shape index (κ1) is 22.0. The molecule has 1 N–H and O–H groups in total. The van der Waals surface area contributed by atoms with Crippen molar-refractivity contribution in [3.05, 3.63) is 70.7 Å². The lowest BCUT2D eigenvalue weighted by Crippen LogP contribution is -2.27. The van der Waals surface area contributed by atoms with Gasteiger partial charge in [-0.05, 0) is 46.1 Å². The molecule has 0 bridgehead atoms. The normalized spacial score (nSPS) is 11.8.